The van der Waals surface area contributed by atoms with Crippen LogP contribution in [-0.4, -0.2) is 30.5 Å². The van der Waals surface area contributed by atoms with E-state index in [0.29, 0.717) is 11.6 Å². The highest BCUT2D eigenvalue weighted by Crippen LogP contribution is 2.30. The number of pyridine rings is 1. The Hall–Kier alpha value is -2.40. The monoisotopic (exact) mass is 330 g/mol. The first-order chi connectivity index (χ1) is 11.1. The molecule has 0 radical (unpaired) electrons. The van der Waals surface area contributed by atoms with Crippen LogP contribution >= 0.6 is 11.6 Å². The second kappa shape index (κ2) is 6.38. The molecule has 3 rings (SSSR count). The molecule has 6 heteroatoms. The van der Waals surface area contributed by atoms with Gasteiger partial charge in [0.15, 0.2) is 0 Å². The van der Waals surface area contributed by atoms with Crippen molar-refractivity contribution in [1.82, 2.24) is 4.98 Å². The fourth-order valence-corrected chi connectivity index (χ4v) is 2.88. The Morgan fingerprint density at radius 2 is 2.00 bits per heavy atom. The van der Waals surface area contributed by atoms with Crippen LogP contribution in [0.2, 0.25) is 5.02 Å². The topological polar surface area (TPSA) is 59.5 Å². The number of hydrogen-bond acceptors (Lipinski definition) is 4. The molecule has 1 aromatic carbocycles. The maximum Gasteiger partial charge on any atom is 0.356 e. The average Bonchev–Trinajstić information content (AvgIpc) is 2.59. The molecule has 0 unspecified atom stereocenters. The van der Waals surface area contributed by atoms with Gasteiger partial charge in [0.2, 0.25) is 0 Å². The summed E-state index contributed by atoms with van der Waals surface area (Å²) in [7, 11) is 1.28. The van der Waals surface area contributed by atoms with Crippen molar-refractivity contribution in [2.45, 2.75) is 12.8 Å². The first-order valence-corrected chi connectivity index (χ1v) is 7.63. The zero-order valence-corrected chi connectivity index (χ0v) is 13.3. The van der Waals surface area contributed by atoms with E-state index in [9.17, 15) is 9.59 Å². The van der Waals surface area contributed by atoms with Gasteiger partial charge in [0.05, 0.1) is 7.11 Å². The number of esters is 1. The zero-order valence-electron chi connectivity index (χ0n) is 12.6. The normalized spacial score (nSPS) is 13.4. The molecule has 0 saturated carbocycles. The van der Waals surface area contributed by atoms with Gasteiger partial charge < -0.3 is 9.64 Å². The summed E-state index contributed by atoms with van der Waals surface area (Å²) in [4.78, 5) is 30.2. The van der Waals surface area contributed by atoms with Crippen LogP contribution in [0.1, 0.15) is 33.0 Å². The van der Waals surface area contributed by atoms with Gasteiger partial charge in [-0.15, -0.1) is 0 Å². The van der Waals surface area contributed by atoms with Crippen molar-refractivity contribution in [1.29, 1.82) is 0 Å². The number of aryl methyl sites for hydroxylation is 1. The van der Waals surface area contributed by atoms with Crippen molar-refractivity contribution < 1.29 is 14.3 Å². The van der Waals surface area contributed by atoms with Crippen LogP contribution < -0.4 is 4.90 Å². The summed E-state index contributed by atoms with van der Waals surface area (Å²) in [6.07, 6.45) is 1.74. The summed E-state index contributed by atoms with van der Waals surface area (Å²) < 4.78 is 4.64. The molecular weight excluding hydrogens is 316 g/mol. The highest BCUT2D eigenvalue weighted by atomic mass is 35.5. The number of fused-ring (bicyclic) bond motifs is 1. The predicted molar refractivity (Wildman–Crippen MR) is 87.0 cm³/mol. The van der Waals surface area contributed by atoms with Gasteiger partial charge in [-0.25, -0.2) is 9.78 Å². The van der Waals surface area contributed by atoms with Crippen molar-refractivity contribution in [3.63, 3.8) is 0 Å². The maximum absolute atomic E-state index is 12.8. The zero-order chi connectivity index (χ0) is 16.4. The SMILES string of the molecule is COC(=O)c1cccc(C(=O)N2CCCc3cc(Cl)ccc32)n1. The molecule has 2 aromatic rings. The Bertz CT molecular complexity index is 776. The first kappa shape index (κ1) is 15.5. The van der Waals surface area contributed by atoms with Crippen LogP contribution in [0.15, 0.2) is 36.4 Å². The number of benzene rings is 1. The molecule has 0 atom stereocenters. The Morgan fingerprint density at radius 3 is 2.78 bits per heavy atom. The second-order valence-electron chi connectivity index (χ2n) is 5.23. The Morgan fingerprint density at radius 1 is 1.22 bits per heavy atom. The van der Waals surface area contributed by atoms with Crippen LogP contribution in [0.5, 0.6) is 0 Å². The molecule has 1 aromatic heterocycles. The lowest BCUT2D eigenvalue weighted by atomic mass is 10.0. The third kappa shape index (κ3) is 3.05. The fourth-order valence-electron chi connectivity index (χ4n) is 2.69. The minimum atomic E-state index is -0.564. The van der Waals surface area contributed by atoms with E-state index in [2.05, 4.69) is 9.72 Å². The van der Waals surface area contributed by atoms with Crippen molar-refractivity contribution in [3.8, 4) is 0 Å². The van der Waals surface area contributed by atoms with Gasteiger partial charge in [-0.3, -0.25) is 4.79 Å². The molecule has 0 N–H and O–H groups in total. The fraction of sp³-hybridized carbons (Fsp3) is 0.235. The number of methoxy groups -OCH3 is 1. The molecule has 0 spiro atoms. The van der Waals surface area contributed by atoms with Gasteiger partial charge in [-0.05, 0) is 48.7 Å². The van der Waals surface area contributed by atoms with E-state index in [1.165, 1.54) is 13.2 Å². The van der Waals surface area contributed by atoms with Crippen LogP contribution in [0, 0.1) is 0 Å². The van der Waals surface area contributed by atoms with Crippen molar-refractivity contribution in [2.24, 2.45) is 0 Å². The third-order valence-electron chi connectivity index (χ3n) is 3.77. The predicted octanol–water partition coefficient (Wildman–Crippen LogP) is 3.11. The molecule has 2 heterocycles. The Kier molecular flexibility index (Phi) is 4.30. The number of ether oxygens (including phenoxy) is 1. The van der Waals surface area contributed by atoms with E-state index in [0.717, 1.165) is 24.1 Å². The quantitative estimate of drug-likeness (QED) is 0.794. The van der Waals surface area contributed by atoms with Crippen molar-refractivity contribution in [2.75, 3.05) is 18.6 Å². The molecule has 118 valence electrons. The number of amides is 1. The van der Waals surface area contributed by atoms with Crippen LogP contribution in [0.25, 0.3) is 0 Å². The number of halogens is 1. The minimum Gasteiger partial charge on any atom is -0.464 e. The van der Waals surface area contributed by atoms with Gasteiger partial charge >= 0.3 is 5.97 Å². The number of rotatable bonds is 2. The van der Waals surface area contributed by atoms with Crippen LogP contribution in [0.4, 0.5) is 5.69 Å². The summed E-state index contributed by atoms with van der Waals surface area (Å²) in [6, 6.07) is 10.2. The Balaban J connectivity index is 1.95. The van der Waals surface area contributed by atoms with Gasteiger partial charge in [0.25, 0.3) is 5.91 Å². The maximum atomic E-state index is 12.8. The lowest BCUT2D eigenvalue weighted by molar-refractivity contribution is 0.0594. The van der Waals surface area contributed by atoms with Gasteiger partial charge in [-0.2, -0.15) is 0 Å². The lowest BCUT2D eigenvalue weighted by Crippen LogP contribution is -2.36. The summed E-state index contributed by atoms with van der Waals surface area (Å²) in [5.41, 5.74) is 2.22. The summed E-state index contributed by atoms with van der Waals surface area (Å²) >= 11 is 6.03. The Labute approximate surface area is 138 Å². The molecule has 5 nitrogen and oxygen atoms in total. The number of nitrogens with zero attached hydrogens (tertiary/aromatic N) is 2. The highest BCUT2D eigenvalue weighted by Gasteiger charge is 2.25. The molecule has 0 saturated heterocycles. The lowest BCUT2D eigenvalue weighted by Gasteiger charge is -2.29. The first-order valence-electron chi connectivity index (χ1n) is 7.26. The standard InChI is InChI=1S/C17H15ClN2O3/c1-23-17(22)14-6-2-5-13(19-14)16(21)20-9-3-4-11-10-12(18)7-8-15(11)20/h2,5-8,10H,3-4,9H2,1H3. The summed E-state index contributed by atoms with van der Waals surface area (Å²) in [5, 5.41) is 0.656. The molecular formula is C17H15ClN2O3. The van der Waals surface area contributed by atoms with E-state index in [1.807, 2.05) is 12.1 Å². The third-order valence-corrected chi connectivity index (χ3v) is 4.00. The second-order valence-corrected chi connectivity index (χ2v) is 5.67. The number of carbonyl (C=O) groups is 2. The van der Waals surface area contributed by atoms with Gasteiger partial charge in [0.1, 0.15) is 11.4 Å². The van der Waals surface area contributed by atoms with Crippen LogP contribution in [-0.2, 0) is 11.2 Å². The molecule has 0 fully saturated rings. The number of carbonyl (C=O) groups excluding carboxylic acids is 2. The van der Waals surface area contributed by atoms with Gasteiger partial charge in [-0.1, -0.05) is 17.7 Å². The smallest absolute Gasteiger partial charge is 0.356 e. The van der Waals surface area contributed by atoms with Gasteiger partial charge in [0, 0.05) is 17.3 Å². The molecule has 23 heavy (non-hydrogen) atoms. The van der Waals surface area contributed by atoms with Crippen LogP contribution in [0.3, 0.4) is 0 Å². The van der Waals surface area contributed by atoms with Crippen molar-refractivity contribution >= 4 is 29.2 Å². The largest absolute Gasteiger partial charge is 0.464 e. The molecule has 1 aliphatic heterocycles. The molecule has 0 bridgehead atoms. The minimum absolute atomic E-state index is 0.117. The van der Waals surface area contributed by atoms with E-state index >= 15 is 0 Å². The highest BCUT2D eigenvalue weighted by molar-refractivity contribution is 6.30. The molecule has 0 aliphatic carbocycles. The molecule has 1 amide bonds. The summed E-state index contributed by atoms with van der Waals surface area (Å²) in [5.74, 6) is -0.801. The number of aromatic nitrogens is 1. The number of hydrogen-bond donors (Lipinski definition) is 0. The van der Waals surface area contributed by atoms with Crippen molar-refractivity contribution in [3.05, 3.63) is 58.4 Å². The van der Waals surface area contributed by atoms with E-state index in [-0.39, 0.29) is 17.3 Å². The molecule has 1 aliphatic rings. The van der Waals surface area contributed by atoms with E-state index in [4.69, 9.17) is 11.6 Å². The number of anilines is 1. The van der Waals surface area contributed by atoms with E-state index in [1.54, 1.807) is 23.1 Å². The summed E-state index contributed by atoms with van der Waals surface area (Å²) in [6.45, 7) is 0.609. The average molecular weight is 331 g/mol. The van der Waals surface area contributed by atoms with E-state index < -0.39 is 5.97 Å².